The molecule has 638 valence electrons. The van der Waals surface area contributed by atoms with Crippen molar-refractivity contribution in [3.63, 3.8) is 0 Å². The maximum absolute atomic E-state index is 2.44. The van der Waals surface area contributed by atoms with Crippen LogP contribution < -0.4 is 29.4 Å². The molecular formula is C122H78N6S7. The van der Waals surface area contributed by atoms with Gasteiger partial charge in [0.15, 0.2) is 0 Å². The fraction of sp³-hybridized carbons (Fsp3) is 0. The molecule has 0 unspecified atom stereocenters. The van der Waals surface area contributed by atoms with E-state index < -0.39 is 0 Å². The van der Waals surface area contributed by atoms with Crippen LogP contribution in [-0.2, 0) is 0 Å². The van der Waals surface area contributed by atoms with Crippen molar-refractivity contribution in [1.82, 2.24) is 0 Å². The molecule has 0 amide bonds. The molecule has 0 bridgehead atoms. The van der Waals surface area contributed by atoms with Gasteiger partial charge in [0, 0.05) is 178 Å². The van der Waals surface area contributed by atoms with E-state index in [1.165, 1.54) is 188 Å². The SMILES string of the molecule is c1ccc(N(c2ccc3c(c2)Sc2ccccc2N3c2ccc3c(c2)sc2ccccc23)c2ccc3c(c2)sc2ccccc23)cc1.c1ccc(N(c2ccc3c(c2)Sc2ccccc2N3c2ccc3c(c2)sc2ccccc23)c2ccc3ccccc3c2)cc1.c1ccc(N(c2ccc3c(c2)Sc2ccccc2N3c2ccc3c(c2)sc2ccccc23)c2cccc3ccccc23)cc1. The molecule has 0 fully saturated rings. The molecule has 0 radical (unpaired) electrons. The van der Waals surface area contributed by atoms with Crippen molar-refractivity contribution in [3.05, 3.63) is 473 Å². The Hall–Kier alpha value is -15.1. The first-order valence-corrected chi connectivity index (χ1v) is 50.9. The number of fused-ring (bicyclic) bond motifs is 20. The van der Waals surface area contributed by atoms with Gasteiger partial charge in [-0.3, -0.25) is 0 Å². The van der Waals surface area contributed by atoms with Crippen LogP contribution in [0.15, 0.2) is 503 Å². The highest BCUT2D eigenvalue weighted by Crippen LogP contribution is 2.59. The minimum absolute atomic E-state index is 1.14. The number of para-hydroxylation sites is 6. The van der Waals surface area contributed by atoms with Crippen molar-refractivity contribution < 1.29 is 0 Å². The molecule has 7 heterocycles. The Kier molecular flexibility index (Phi) is 20.4. The highest BCUT2D eigenvalue weighted by atomic mass is 32.2. The molecule has 0 atom stereocenters. The Labute approximate surface area is 810 Å². The quantitative estimate of drug-likeness (QED) is 0.118. The number of anilines is 18. The van der Waals surface area contributed by atoms with Gasteiger partial charge in [-0.05, 0) is 235 Å². The fourth-order valence-corrected chi connectivity index (χ4v) is 27.5. The van der Waals surface area contributed by atoms with Crippen LogP contribution in [0.1, 0.15) is 0 Å². The number of nitrogens with zero attached hydrogens (tertiary/aromatic N) is 6. The van der Waals surface area contributed by atoms with Crippen molar-refractivity contribution >= 4 is 285 Å². The summed E-state index contributed by atoms with van der Waals surface area (Å²) in [4.78, 5) is 21.9. The summed E-state index contributed by atoms with van der Waals surface area (Å²) in [5.74, 6) is 0. The van der Waals surface area contributed by atoms with Crippen LogP contribution in [0.2, 0.25) is 0 Å². The summed E-state index contributed by atoms with van der Waals surface area (Å²) in [6.45, 7) is 0. The van der Waals surface area contributed by atoms with Gasteiger partial charge in [0.2, 0.25) is 0 Å². The Bertz CT molecular complexity index is 8940. The zero-order chi connectivity index (χ0) is 89.0. The Morgan fingerprint density at radius 3 is 0.852 bits per heavy atom. The Morgan fingerprint density at radius 2 is 0.430 bits per heavy atom. The lowest BCUT2D eigenvalue weighted by Crippen LogP contribution is -2.16. The summed E-state index contributed by atoms with van der Waals surface area (Å²) in [5, 5.41) is 15.5. The number of thiophene rings is 4. The molecule has 13 heteroatoms. The van der Waals surface area contributed by atoms with Crippen LogP contribution in [0.25, 0.3) is 102 Å². The number of hydrogen-bond donors (Lipinski definition) is 0. The first kappa shape index (κ1) is 80.7. The van der Waals surface area contributed by atoms with E-state index >= 15 is 0 Å². The number of rotatable bonds is 12. The van der Waals surface area contributed by atoms with E-state index in [1.807, 2.05) is 80.6 Å². The molecule has 3 aliphatic heterocycles. The molecular weight excluding hydrogens is 1770 g/mol. The second-order valence-electron chi connectivity index (χ2n) is 33.8. The second-order valence-corrected chi connectivity index (χ2v) is 41.4. The average Bonchev–Trinajstić information content (AvgIpc) is 1.32. The summed E-state index contributed by atoms with van der Waals surface area (Å²) >= 11 is 13.0. The van der Waals surface area contributed by atoms with Gasteiger partial charge in [-0.1, -0.05) is 290 Å². The van der Waals surface area contributed by atoms with E-state index in [1.54, 1.807) is 0 Å². The molecule has 0 saturated heterocycles. The van der Waals surface area contributed by atoms with E-state index in [4.69, 9.17) is 0 Å². The van der Waals surface area contributed by atoms with Crippen LogP contribution in [0, 0.1) is 0 Å². The number of benzene rings is 21. The van der Waals surface area contributed by atoms with Gasteiger partial charge in [-0.15, -0.1) is 45.3 Å². The molecule has 0 N–H and O–H groups in total. The molecule has 25 aromatic rings. The van der Waals surface area contributed by atoms with Gasteiger partial charge in [-0.25, -0.2) is 0 Å². The van der Waals surface area contributed by atoms with E-state index in [0.717, 1.165) is 45.5 Å². The maximum atomic E-state index is 2.44. The maximum Gasteiger partial charge on any atom is 0.0603 e. The molecule has 21 aromatic carbocycles. The minimum Gasteiger partial charge on any atom is -0.310 e. The van der Waals surface area contributed by atoms with Gasteiger partial charge in [-0.2, -0.15) is 0 Å². The zero-order valence-corrected chi connectivity index (χ0v) is 78.3. The third kappa shape index (κ3) is 14.6. The summed E-state index contributed by atoms with van der Waals surface area (Å²) in [7, 11) is 0. The Balaban J connectivity index is 0.000000105. The third-order valence-electron chi connectivity index (χ3n) is 25.8. The number of hydrogen-bond acceptors (Lipinski definition) is 13. The molecule has 4 aromatic heterocycles. The van der Waals surface area contributed by atoms with E-state index in [0.29, 0.717) is 0 Å². The van der Waals surface area contributed by atoms with Crippen molar-refractivity contribution in [2.75, 3.05) is 29.4 Å². The Morgan fingerprint density at radius 1 is 0.148 bits per heavy atom. The highest BCUT2D eigenvalue weighted by molar-refractivity contribution is 8.00. The van der Waals surface area contributed by atoms with Crippen LogP contribution in [0.5, 0.6) is 0 Å². The van der Waals surface area contributed by atoms with Gasteiger partial charge in [0.05, 0.1) is 39.8 Å². The van der Waals surface area contributed by atoms with Crippen molar-refractivity contribution in [3.8, 4) is 0 Å². The molecule has 0 spiro atoms. The lowest BCUT2D eigenvalue weighted by atomic mass is 10.1. The predicted octanol–water partition coefficient (Wildman–Crippen LogP) is 39.1. The average molecular weight is 1850 g/mol. The van der Waals surface area contributed by atoms with Crippen molar-refractivity contribution in [2.24, 2.45) is 0 Å². The summed E-state index contributed by atoms with van der Waals surface area (Å²) < 4.78 is 10.5. The summed E-state index contributed by atoms with van der Waals surface area (Å²) in [5.41, 5.74) is 21.1. The van der Waals surface area contributed by atoms with E-state index in [2.05, 4.69) is 503 Å². The molecule has 28 rings (SSSR count). The molecule has 6 nitrogen and oxygen atoms in total. The minimum atomic E-state index is 1.14. The monoisotopic (exact) mass is 1850 g/mol. The molecule has 0 aliphatic carbocycles. The van der Waals surface area contributed by atoms with Crippen molar-refractivity contribution in [2.45, 2.75) is 29.4 Å². The lowest BCUT2D eigenvalue weighted by Gasteiger charge is -2.34. The molecule has 3 aliphatic rings. The molecule has 0 saturated carbocycles. The van der Waals surface area contributed by atoms with Gasteiger partial charge < -0.3 is 29.4 Å². The lowest BCUT2D eigenvalue weighted by molar-refractivity contribution is 1.16. The smallest absolute Gasteiger partial charge is 0.0603 e. The standard InChI is InChI=1S/C42H26N2S3.2C40H26N2S2/c1-2-10-27(11-3-1)43(28-18-21-33-31-12-4-7-15-37(31)45-40(33)24-28)29-20-23-36-42(26-29)47-39-17-9-6-14-35(39)44(36)30-19-22-34-32-13-5-8-16-38(32)46-41(34)25-30;1-2-13-28(14-3-1)41(34-18-10-12-27-11-4-5-15-31(27)34)29-22-24-36-40(26-29)44-38-20-9-7-17-35(38)42(36)30-21-23-33-32-16-6-8-19-37(32)43-39(33)25-30;1-2-12-29(13-3-1)41(30-19-18-27-10-4-5-11-28(27)24-30)31-21-23-36-40(26-31)44-38-17-9-7-15-35(38)42(36)32-20-22-34-33-14-6-8-16-37(33)43-39(34)25-32/h1-26H;2*1-26H. The van der Waals surface area contributed by atoms with E-state index in [9.17, 15) is 0 Å². The largest absolute Gasteiger partial charge is 0.310 e. The highest BCUT2D eigenvalue weighted by Gasteiger charge is 2.32. The summed E-state index contributed by atoms with van der Waals surface area (Å²) in [6, 6.07) is 172. The van der Waals surface area contributed by atoms with Gasteiger partial charge in [0.1, 0.15) is 0 Å². The first-order chi connectivity index (χ1) is 66.9. The van der Waals surface area contributed by atoms with E-state index in [-0.39, 0.29) is 0 Å². The zero-order valence-electron chi connectivity index (χ0n) is 72.6. The van der Waals surface area contributed by atoms with Crippen LogP contribution >= 0.6 is 80.6 Å². The first-order valence-electron chi connectivity index (χ1n) is 45.2. The van der Waals surface area contributed by atoms with Crippen molar-refractivity contribution in [1.29, 1.82) is 0 Å². The van der Waals surface area contributed by atoms with Gasteiger partial charge >= 0.3 is 0 Å². The van der Waals surface area contributed by atoms with Crippen LogP contribution in [-0.4, -0.2) is 0 Å². The fourth-order valence-electron chi connectivity index (χ4n) is 19.7. The predicted molar refractivity (Wildman–Crippen MR) is 586 cm³/mol. The summed E-state index contributed by atoms with van der Waals surface area (Å²) in [6.07, 6.45) is 0. The topological polar surface area (TPSA) is 19.4 Å². The third-order valence-corrected chi connectivity index (χ3v) is 33.7. The molecule has 135 heavy (non-hydrogen) atoms. The van der Waals surface area contributed by atoms with Crippen LogP contribution in [0.3, 0.4) is 0 Å². The van der Waals surface area contributed by atoms with Gasteiger partial charge in [0.25, 0.3) is 0 Å². The normalized spacial score (nSPS) is 12.5. The second kappa shape index (κ2) is 34.2. The van der Waals surface area contributed by atoms with Crippen LogP contribution in [0.4, 0.5) is 102 Å².